The molecule has 4 aromatic heterocycles. The van der Waals surface area contributed by atoms with E-state index in [1.54, 1.807) is 0 Å². The van der Waals surface area contributed by atoms with Crippen molar-refractivity contribution in [1.29, 1.82) is 0 Å². The van der Waals surface area contributed by atoms with E-state index < -0.39 is 0 Å². The molecular formula is C40H22N2S3. The zero-order valence-electron chi connectivity index (χ0n) is 23.8. The molecule has 5 heteroatoms. The Labute approximate surface area is 270 Å². The summed E-state index contributed by atoms with van der Waals surface area (Å²) in [7, 11) is 0. The van der Waals surface area contributed by atoms with Crippen molar-refractivity contribution >= 4 is 94.5 Å². The third-order valence-electron chi connectivity index (χ3n) is 8.71. The van der Waals surface area contributed by atoms with Crippen LogP contribution in [-0.4, -0.2) is 9.97 Å². The van der Waals surface area contributed by atoms with E-state index in [9.17, 15) is 0 Å². The zero-order chi connectivity index (χ0) is 29.5. The van der Waals surface area contributed by atoms with E-state index >= 15 is 0 Å². The van der Waals surface area contributed by atoms with Crippen molar-refractivity contribution in [2.24, 2.45) is 0 Å². The Kier molecular flexibility index (Phi) is 5.52. The largest absolute Gasteiger partial charge is 0.228 e. The van der Waals surface area contributed by atoms with Gasteiger partial charge in [0.1, 0.15) is 0 Å². The predicted octanol–water partition coefficient (Wildman–Crippen LogP) is 12.6. The van der Waals surface area contributed by atoms with Gasteiger partial charge in [-0.15, -0.1) is 34.0 Å². The molecule has 10 rings (SSSR count). The van der Waals surface area contributed by atoms with E-state index in [-0.39, 0.29) is 0 Å². The summed E-state index contributed by atoms with van der Waals surface area (Å²) in [4.78, 5) is 10.4. The van der Waals surface area contributed by atoms with Crippen molar-refractivity contribution < 1.29 is 0 Å². The second-order valence-corrected chi connectivity index (χ2v) is 14.6. The van der Waals surface area contributed by atoms with Gasteiger partial charge in [0.2, 0.25) is 0 Å². The van der Waals surface area contributed by atoms with Gasteiger partial charge >= 0.3 is 0 Å². The maximum Gasteiger partial charge on any atom is 0.160 e. The second kappa shape index (κ2) is 9.78. The van der Waals surface area contributed by atoms with Gasteiger partial charge in [0.05, 0.1) is 11.4 Å². The van der Waals surface area contributed by atoms with Crippen LogP contribution in [-0.2, 0) is 0 Å². The fourth-order valence-corrected chi connectivity index (χ4v) is 9.94. The van der Waals surface area contributed by atoms with E-state index in [1.807, 2.05) is 34.0 Å². The number of nitrogens with zero attached hydrogens (tertiary/aromatic N) is 2. The molecule has 2 nitrogen and oxygen atoms in total. The van der Waals surface area contributed by atoms with Crippen LogP contribution in [0.4, 0.5) is 0 Å². The molecule has 45 heavy (non-hydrogen) atoms. The van der Waals surface area contributed by atoms with Crippen molar-refractivity contribution in [3.8, 4) is 33.9 Å². The Morgan fingerprint density at radius 2 is 0.667 bits per heavy atom. The standard InChI is InChI=1S/C40H22N2S3/c1-4-10-34-26(7-1)29-16-13-23(19-37(29)43-34)32-22-33(24-14-17-30-27-8-2-5-11-35(27)44-38(30)20-24)42-40(41-32)25-15-18-31-28-9-3-6-12-36(28)45-39(31)21-25/h1-22H. The number of hydrogen-bond donors (Lipinski definition) is 0. The van der Waals surface area contributed by atoms with Gasteiger partial charge in [0, 0.05) is 77.2 Å². The molecule has 0 amide bonds. The minimum atomic E-state index is 0.745. The first-order valence-corrected chi connectivity index (χ1v) is 17.3. The van der Waals surface area contributed by atoms with Crippen LogP contribution >= 0.6 is 34.0 Å². The number of rotatable bonds is 3. The number of fused-ring (bicyclic) bond motifs is 9. The fourth-order valence-electron chi connectivity index (χ4n) is 6.51. The van der Waals surface area contributed by atoms with Gasteiger partial charge in [-0.2, -0.15) is 0 Å². The molecule has 0 N–H and O–H groups in total. The Balaban J connectivity index is 1.18. The monoisotopic (exact) mass is 626 g/mol. The first kappa shape index (κ1) is 25.4. The van der Waals surface area contributed by atoms with Gasteiger partial charge in [-0.05, 0) is 42.5 Å². The van der Waals surface area contributed by atoms with Crippen molar-refractivity contribution in [3.63, 3.8) is 0 Å². The third kappa shape index (κ3) is 4.05. The van der Waals surface area contributed by atoms with Gasteiger partial charge in [0.15, 0.2) is 5.82 Å². The highest BCUT2D eigenvalue weighted by atomic mass is 32.1. The summed E-state index contributed by atoms with van der Waals surface area (Å²) in [6, 6.07) is 48.2. The summed E-state index contributed by atoms with van der Waals surface area (Å²) in [5, 5.41) is 7.77. The molecular weight excluding hydrogens is 605 g/mol. The van der Waals surface area contributed by atoms with Crippen molar-refractivity contribution in [2.45, 2.75) is 0 Å². The smallest absolute Gasteiger partial charge is 0.160 e. The lowest BCUT2D eigenvalue weighted by Crippen LogP contribution is -1.96. The zero-order valence-corrected chi connectivity index (χ0v) is 26.3. The highest BCUT2D eigenvalue weighted by molar-refractivity contribution is 7.26. The van der Waals surface area contributed by atoms with Crippen molar-refractivity contribution in [1.82, 2.24) is 9.97 Å². The van der Waals surface area contributed by atoms with Gasteiger partial charge in [-0.3, -0.25) is 0 Å². The minimum absolute atomic E-state index is 0.745. The number of aromatic nitrogens is 2. The average Bonchev–Trinajstić information content (AvgIpc) is 3.78. The molecule has 0 atom stereocenters. The Hall–Kier alpha value is -4.94. The first-order chi connectivity index (χ1) is 22.2. The molecule has 0 unspecified atom stereocenters. The number of hydrogen-bond acceptors (Lipinski definition) is 5. The van der Waals surface area contributed by atoms with E-state index in [1.165, 1.54) is 60.5 Å². The lowest BCUT2D eigenvalue weighted by Gasteiger charge is -2.10. The maximum absolute atomic E-state index is 5.22. The fraction of sp³-hybridized carbons (Fsp3) is 0. The molecule has 0 saturated carbocycles. The van der Waals surface area contributed by atoms with E-state index in [0.29, 0.717) is 0 Å². The predicted molar refractivity (Wildman–Crippen MR) is 197 cm³/mol. The van der Waals surface area contributed by atoms with Gasteiger partial charge in [0.25, 0.3) is 0 Å². The van der Waals surface area contributed by atoms with Crippen LogP contribution in [0.1, 0.15) is 0 Å². The summed E-state index contributed by atoms with van der Waals surface area (Å²) in [5.41, 5.74) is 5.10. The third-order valence-corrected chi connectivity index (χ3v) is 12.1. The van der Waals surface area contributed by atoms with Crippen LogP contribution in [0.15, 0.2) is 133 Å². The Morgan fingerprint density at radius 3 is 1.11 bits per heavy atom. The lowest BCUT2D eigenvalue weighted by molar-refractivity contribution is 1.19. The lowest BCUT2D eigenvalue weighted by atomic mass is 10.0. The molecule has 0 bridgehead atoms. The molecule has 0 aliphatic carbocycles. The molecule has 10 aromatic rings. The normalized spacial score (nSPS) is 12.0. The highest BCUT2D eigenvalue weighted by Crippen LogP contribution is 2.40. The van der Waals surface area contributed by atoms with Gasteiger partial charge in [-0.1, -0.05) is 91.0 Å². The van der Waals surface area contributed by atoms with Crippen molar-refractivity contribution in [2.75, 3.05) is 0 Å². The average molecular weight is 627 g/mol. The van der Waals surface area contributed by atoms with Crippen LogP contribution in [0.25, 0.3) is 94.4 Å². The van der Waals surface area contributed by atoms with Crippen LogP contribution in [0, 0.1) is 0 Å². The maximum atomic E-state index is 5.22. The SMILES string of the molecule is c1ccc2c(c1)sc1cc(-c3cc(-c4ccc5c(c4)sc4ccccc45)nc(-c4ccc5c(c4)sc4ccccc45)n3)ccc12. The number of thiophene rings is 3. The van der Waals surface area contributed by atoms with E-state index in [2.05, 4.69) is 133 Å². The molecule has 0 spiro atoms. The summed E-state index contributed by atoms with van der Waals surface area (Å²) in [6.45, 7) is 0. The van der Waals surface area contributed by atoms with Crippen molar-refractivity contribution in [3.05, 3.63) is 133 Å². The van der Waals surface area contributed by atoms with E-state index in [4.69, 9.17) is 9.97 Å². The van der Waals surface area contributed by atoms with Crippen LogP contribution in [0.3, 0.4) is 0 Å². The number of benzene rings is 6. The Bertz CT molecular complexity index is 2470. The highest BCUT2D eigenvalue weighted by Gasteiger charge is 2.15. The molecule has 0 aliphatic rings. The second-order valence-electron chi connectivity index (χ2n) is 11.4. The van der Waals surface area contributed by atoms with Crippen LogP contribution in [0.2, 0.25) is 0 Å². The molecule has 6 aromatic carbocycles. The van der Waals surface area contributed by atoms with E-state index in [0.717, 1.165) is 33.9 Å². The summed E-state index contributed by atoms with van der Waals surface area (Å²) in [5.74, 6) is 0.745. The summed E-state index contributed by atoms with van der Waals surface area (Å²) in [6.07, 6.45) is 0. The molecule has 0 aliphatic heterocycles. The Morgan fingerprint density at radius 1 is 0.311 bits per heavy atom. The summed E-state index contributed by atoms with van der Waals surface area (Å²) < 4.78 is 7.71. The van der Waals surface area contributed by atoms with Gasteiger partial charge < -0.3 is 0 Å². The molecule has 4 heterocycles. The van der Waals surface area contributed by atoms with Gasteiger partial charge in [-0.25, -0.2) is 9.97 Å². The van der Waals surface area contributed by atoms with Crippen LogP contribution < -0.4 is 0 Å². The molecule has 0 radical (unpaired) electrons. The first-order valence-electron chi connectivity index (χ1n) is 14.9. The molecule has 0 saturated heterocycles. The minimum Gasteiger partial charge on any atom is -0.228 e. The molecule has 210 valence electrons. The summed E-state index contributed by atoms with van der Waals surface area (Å²) >= 11 is 5.50. The molecule has 0 fully saturated rings. The quantitative estimate of drug-likeness (QED) is 0.195. The topological polar surface area (TPSA) is 25.8 Å². The van der Waals surface area contributed by atoms with Crippen LogP contribution in [0.5, 0.6) is 0 Å².